The van der Waals surface area contributed by atoms with Crippen molar-refractivity contribution in [2.24, 2.45) is 0 Å². The smallest absolute Gasteiger partial charge is 0.141 e. The van der Waals surface area contributed by atoms with Crippen molar-refractivity contribution in [3.8, 4) is 11.1 Å². The third kappa shape index (κ3) is 2.95. The van der Waals surface area contributed by atoms with Gasteiger partial charge in [-0.2, -0.15) is 11.8 Å². The maximum atomic E-state index is 4.66. The summed E-state index contributed by atoms with van der Waals surface area (Å²) in [6.07, 6.45) is 2.94. The number of aromatic nitrogens is 2. The first-order valence-electron chi connectivity index (χ1n) is 7.95. The Bertz CT molecular complexity index is 803. The van der Waals surface area contributed by atoms with E-state index in [9.17, 15) is 0 Å². The lowest BCUT2D eigenvalue weighted by molar-refractivity contribution is 0.804. The Morgan fingerprint density at radius 2 is 1.91 bits per heavy atom. The highest BCUT2D eigenvalue weighted by Gasteiger charge is 2.18. The van der Waals surface area contributed by atoms with E-state index in [4.69, 9.17) is 0 Å². The Morgan fingerprint density at radius 3 is 2.78 bits per heavy atom. The van der Waals surface area contributed by atoms with Gasteiger partial charge in [0.15, 0.2) is 0 Å². The summed E-state index contributed by atoms with van der Waals surface area (Å²) < 4.78 is 0. The fourth-order valence-corrected chi connectivity index (χ4v) is 4.80. The topological polar surface area (TPSA) is 29.0 Å². The van der Waals surface area contributed by atoms with Gasteiger partial charge in [0.2, 0.25) is 0 Å². The van der Waals surface area contributed by atoms with E-state index in [1.165, 1.54) is 40.0 Å². The van der Waals surface area contributed by atoms with E-state index in [2.05, 4.69) is 51.4 Å². The molecule has 4 rings (SSSR count). The lowest BCUT2D eigenvalue weighted by atomic mass is 10.0. The normalized spacial score (nSPS) is 15.8. The van der Waals surface area contributed by atoms with Gasteiger partial charge in [-0.3, -0.25) is 0 Å². The Labute approximate surface area is 144 Å². The van der Waals surface area contributed by atoms with Crippen molar-refractivity contribution in [3.05, 3.63) is 41.5 Å². The van der Waals surface area contributed by atoms with Crippen molar-refractivity contribution in [1.82, 2.24) is 9.97 Å². The summed E-state index contributed by atoms with van der Waals surface area (Å²) in [6, 6.07) is 8.74. The number of thioether (sulfide) groups is 1. The van der Waals surface area contributed by atoms with Crippen molar-refractivity contribution in [2.45, 2.75) is 13.3 Å². The van der Waals surface area contributed by atoms with E-state index in [0.29, 0.717) is 0 Å². The van der Waals surface area contributed by atoms with Gasteiger partial charge in [0.1, 0.15) is 17.0 Å². The second-order valence-electron chi connectivity index (χ2n) is 5.85. The molecule has 0 unspecified atom stereocenters. The van der Waals surface area contributed by atoms with E-state index >= 15 is 0 Å². The number of rotatable bonds is 2. The molecule has 1 aromatic carbocycles. The summed E-state index contributed by atoms with van der Waals surface area (Å²) in [4.78, 5) is 12.7. The van der Waals surface area contributed by atoms with Gasteiger partial charge in [-0.05, 0) is 24.7 Å². The van der Waals surface area contributed by atoms with Crippen LogP contribution in [0.25, 0.3) is 21.3 Å². The Hall–Kier alpha value is -1.59. The van der Waals surface area contributed by atoms with Crippen LogP contribution in [0.1, 0.15) is 12.0 Å². The predicted molar refractivity (Wildman–Crippen MR) is 102 cm³/mol. The number of fused-ring (bicyclic) bond motifs is 1. The van der Waals surface area contributed by atoms with E-state index in [1.54, 1.807) is 17.7 Å². The molecule has 2 aromatic heterocycles. The summed E-state index contributed by atoms with van der Waals surface area (Å²) in [5.41, 5.74) is 3.80. The van der Waals surface area contributed by atoms with E-state index in [-0.39, 0.29) is 0 Å². The Morgan fingerprint density at radius 1 is 1.04 bits per heavy atom. The third-order valence-corrected chi connectivity index (χ3v) is 6.17. The summed E-state index contributed by atoms with van der Waals surface area (Å²) in [6.45, 7) is 4.28. The van der Waals surface area contributed by atoms with Crippen molar-refractivity contribution < 1.29 is 0 Å². The lowest BCUT2D eigenvalue weighted by Crippen LogP contribution is -2.26. The molecule has 1 saturated heterocycles. The van der Waals surface area contributed by atoms with Gasteiger partial charge in [-0.25, -0.2) is 9.97 Å². The zero-order valence-corrected chi connectivity index (χ0v) is 14.8. The molecule has 1 aliphatic heterocycles. The maximum absolute atomic E-state index is 4.66. The van der Waals surface area contributed by atoms with E-state index < -0.39 is 0 Å². The van der Waals surface area contributed by atoms with Crippen molar-refractivity contribution in [1.29, 1.82) is 0 Å². The molecule has 118 valence electrons. The molecule has 0 saturated carbocycles. The van der Waals surface area contributed by atoms with Gasteiger partial charge in [0.05, 0.1) is 5.39 Å². The lowest BCUT2D eigenvalue weighted by Gasteiger charge is -2.22. The standard InChI is InChI=1S/C18H19N3S2/c1-13-3-5-14(6-4-13)15-11-23-18-16(15)17(19-12-20-18)21-7-2-9-22-10-8-21/h3-6,11-12H,2,7-10H2,1H3. The largest absolute Gasteiger partial charge is 0.355 e. The molecule has 0 amide bonds. The first-order chi connectivity index (χ1) is 11.3. The highest BCUT2D eigenvalue weighted by atomic mass is 32.2. The molecule has 23 heavy (non-hydrogen) atoms. The minimum atomic E-state index is 1.07. The molecular formula is C18H19N3S2. The molecule has 0 atom stereocenters. The van der Waals surface area contributed by atoms with Crippen LogP contribution in [0.5, 0.6) is 0 Å². The van der Waals surface area contributed by atoms with Crippen LogP contribution in [0, 0.1) is 6.92 Å². The second-order valence-corrected chi connectivity index (χ2v) is 7.93. The highest BCUT2D eigenvalue weighted by Crippen LogP contribution is 2.38. The van der Waals surface area contributed by atoms with Crippen LogP contribution in [0.4, 0.5) is 5.82 Å². The molecule has 1 fully saturated rings. The molecule has 0 spiro atoms. The molecular weight excluding hydrogens is 322 g/mol. The quantitative estimate of drug-likeness (QED) is 0.681. The predicted octanol–water partition coefficient (Wildman–Crippen LogP) is 4.61. The maximum Gasteiger partial charge on any atom is 0.141 e. The molecule has 0 N–H and O–H groups in total. The van der Waals surface area contributed by atoms with Crippen LogP contribution in [0.2, 0.25) is 0 Å². The molecule has 3 heterocycles. The molecule has 0 aliphatic carbocycles. The van der Waals surface area contributed by atoms with Gasteiger partial charge < -0.3 is 4.90 Å². The van der Waals surface area contributed by atoms with Crippen LogP contribution >= 0.6 is 23.1 Å². The van der Waals surface area contributed by atoms with Crippen LogP contribution in [0.3, 0.4) is 0 Å². The molecule has 3 aromatic rings. The van der Waals surface area contributed by atoms with Gasteiger partial charge >= 0.3 is 0 Å². The van der Waals surface area contributed by atoms with E-state index in [0.717, 1.165) is 23.7 Å². The fraction of sp³-hybridized carbons (Fsp3) is 0.333. The third-order valence-electron chi connectivity index (χ3n) is 4.23. The van der Waals surface area contributed by atoms with Gasteiger partial charge in [0.25, 0.3) is 0 Å². The number of anilines is 1. The molecule has 0 radical (unpaired) electrons. The molecule has 5 heteroatoms. The highest BCUT2D eigenvalue weighted by molar-refractivity contribution is 7.99. The van der Waals surface area contributed by atoms with Gasteiger partial charge in [-0.1, -0.05) is 29.8 Å². The molecule has 0 bridgehead atoms. The zero-order chi connectivity index (χ0) is 15.6. The average molecular weight is 342 g/mol. The number of thiophene rings is 1. The van der Waals surface area contributed by atoms with Crippen LogP contribution in [-0.2, 0) is 0 Å². The summed E-state index contributed by atoms with van der Waals surface area (Å²) in [5, 5.41) is 3.44. The number of hydrogen-bond acceptors (Lipinski definition) is 5. The minimum Gasteiger partial charge on any atom is -0.355 e. The van der Waals surface area contributed by atoms with Gasteiger partial charge in [-0.15, -0.1) is 11.3 Å². The number of hydrogen-bond donors (Lipinski definition) is 0. The van der Waals surface area contributed by atoms with Gasteiger partial charge in [0, 0.05) is 29.8 Å². The zero-order valence-electron chi connectivity index (χ0n) is 13.2. The first-order valence-corrected chi connectivity index (χ1v) is 9.98. The van der Waals surface area contributed by atoms with Crippen LogP contribution in [-0.4, -0.2) is 34.6 Å². The van der Waals surface area contributed by atoms with Crippen LogP contribution in [0.15, 0.2) is 36.0 Å². The Kier molecular flexibility index (Phi) is 4.23. The summed E-state index contributed by atoms with van der Waals surface area (Å²) in [7, 11) is 0. The summed E-state index contributed by atoms with van der Waals surface area (Å²) >= 11 is 3.75. The molecule has 3 nitrogen and oxygen atoms in total. The molecule has 1 aliphatic rings. The minimum absolute atomic E-state index is 1.07. The Balaban J connectivity index is 1.84. The number of benzene rings is 1. The van der Waals surface area contributed by atoms with Crippen molar-refractivity contribution in [2.75, 3.05) is 29.5 Å². The van der Waals surface area contributed by atoms with E-state index in [1.807, 2.05) is 11.8 Å². The first kappa shape index (κ1) is 15.0. The summed E-state index contributed by atoms with van der Waals surface area (Å²) in [5.74, 6) is 3.53. The fourth-order valence-electron chi connectivity index (χ4n) is 3.00. The van der Waals surface area contributed by atoms with Crippen molar-refractivity contribution in [3.63, 3.8) is 0 Å². The SMILES string of the molecule is Cc1ccc(-c2csc3ncnc(N4CCCSCC4)c23)cc1. The average Bonchev–Trinajstić information content (AvgIpc) is 2.83. The van der Waals surface area contributed by atoms with Crippen LogP contribution < -0.4 is 4.90 Å². The monoisotopic (exact) mass is 341 g/mol. The van der Waals surface area contributed by atoms with Crippen molar-refractivity contribution >= 4 is 39.1 Å². The second kappa shape index (κ2) is 6.49. The number of nitrogens with zero attached hydrogens (tertiary/aromatic N) is 3. The number of aryl methyl sites for hydroxylation is 1.